The lowest BCUT2D eigenvalue weighted by Gasteiger charge is -2.20. The van der Waals surface area contributed by atoms with E-state index in [1.807, 2.05) is 0 Å². The summed E-state index contributed by atoms with van der Waals surface area (Å²) in [5, 5.41) is 11.0. The molecule has 0 atom stereocenters. The third-order valence-electron chi connectivity index (χ3n) is 4.76. The molecule has 7 heteroatoms. The lowest BCUT2D eigenvalue weighted by molar-refractivity contribution is -0.150. The van der Waals surface area contributed by atoms with Crippen LogP contribution in [0.1, 0.15) is 57.5 Å². The van der Waals surface area contributed by atoms with Crippen LogP contribution >= 0.6 is 11.3 Å². The average Bonchev–Trinajstić information content (AvgIpc) is 3.24. The number of carbonyl (C=O) groups is 1. The summed E-state index contributed by atoms with van der Waals surface area (Å²) in [5.41, 5.74) is 0.412. The van der Waals surface area contributed by atoms with Crippen LogP contribution in [0.15, 0.2) is 9.80 Å². The number of nitrogens with zero attached hydrogens (tertiary/aromatic N) is 3. The Morgan fingerprint density at radius 3 is 2.80 bits per heavy atom. The highest BCUT2D eigenvalue weighted by molar-refractivity contribution is 7.13. The summed E-state index contributed by atoms with van der Waals surface area (Å²) in [4.78, 5) is 16.5. The summed E-state index contributed by atoms with van der Waals surface area (Å²) in [6.45, 7) is 3.60. The van der Waals surface area contributed by atoms with Gasteiger partial charge in [-0.2, -0.15) is 0 Å². The molecule has 2 heterocycles. The van der Waals surface area contributed by atoms with Gasteiger partial charge in [0.1, 0.15) is 0 Å². The largest absolute Gasteiger partial charge is 0.469 e. The molecule has 2 aromatic rings. The van der Waals surface area contributed by atoms with Gasteiger partial charge in [0.25, 0.3) is 5.89 Å². The van der Waals surface area contributed by atoms with Gasteiger partial charge in [-0.15, -0.1) is 21.5 Å². The zero-order valence-corrected chi connectivity index (χ0v) is 15.9. The Labute approximate surface area is 152 Å². The highest BCUT2D eigenvalue weighted by Crippen LogP contribution is 2.30. The van der Waals surface area contributed by atoms with E-state index in [-0.39, 0.29) is 5.97 Å². The molecule has 0 aromatic carbocycles. The topological polar surface area (TPSA) is 78.1 Å². The summed E-state index contributed by atoms with van der Waals surface area (Å²) in [6.07, 6.45) is 8.03. The maximum atomic E-state index is 11.8. The predicted molar refractivity (Wildman–Crippen MR) is 95.2 cm³/mol. The first-order valence-electron chi connectivity index (χ1n) is 8.83. The van der Waals surface area contributed by atoms with Crippen LogP contribution in [-0.4, -0.2) is 28.3 Å². The molecule has 0 saturated heterocycles. The minimum atomic E-state index is -0.701. The van der Waals surface area contributed by atoms with Crippen LogP contribution in [0.4, 0.5) is 0 Å². The third-order valence-corrected chi connectivity index (χ3v) is 5.63. The number of thiazole rings is 1. The Hall–Kier alpha value is -1.76. The quantitative estimate of drug-likeness (QED) is 0.720. The van der Waals surface area contributed by atoms with Crippen LogP contribution in [0.2, 0.25) is 0 Å². The van der Waals surface area contributed by atoms with Crippen LogP contribution in [0.25, 0.3) is 10.9 Å². The maximum Gasteiger partial charge on any atom is 0.311 e. The molecule has 25 heavy (non-hydrogen) atoms. The number of carbonyl (C=O) groups excluding carboxylic acids is 1. The number of ether oxygens (including phenoxy) is 1. The Bertz CT molecular complexity index is 717. The Morgan fingerprint density at radius 2 is 2.08 bits per heavy atom. The van der Waals surface area contributed by atoms with Gasteiger partial charge in [0, 0.05) is 11.8 Å². The standard InChI is InChI=1S/C18H25N3O3S/c1-18(2,17(22)23-3)10-14-20-21-15(24-14)16-19-13(11-25-16)9-12-7-5-4-6-8-12/h11-12H,4-10H2,1-3H3. The van der Waals surface area contributed by atoms with Crippen molar-refractivity contribution in [3.8, 4) is 10.9 Å². The molecule has 0 bridgehead atoms. The number of aromatic nitrogens is 3. The van der Waals surface area contributed by atoms with Crippen LogP contribution in [-0.2, 0) is 22.4 Å². The van der Waals surface area contributed by atoms with E-state index in [1.165, 1.54) is 50.6 Å². The molecule has 0 radical (unpaired) electrons. The van der Waals surface area contributed by atoms with Gasteiger partial charge < -0.3 is 9.15 Å². The van der Waals surface area contributed by atoms with E-state index in [9.17, 15) is 4.79 Å². The molecule has 6 nitrogen and oxygen atoms in total. The first-order chi connectivity index (χ1) is 12.0. The lowest BCUT2D eigenvalue weighted by Crippen LogP contribution is -2.28. The lowest BCUT2D eigenvalue weighted by atomic mass is 9.86. The molecule has 1 aliphatic rings. The molecule has 1 fully saturated rings. The van der Waals surface area contributed by atoms with Crippen LogP contribution < -0.4 is 0 Å². The highest BCUT2D eigenvalue weighted by atomic mass is 32.1. The van der Waals surface area contributed by atoms with Crippen molar-refractivity contribution in [2.24, 2.45) is 11.3 Å². The molecule has 0 aliphatic heterocycles. The molecule has 1 aliphatic carbocycles. The Morgan fingerprint density at radius 1 is 1.32 bits per heavy atom. The van der Waals surface area contributed by atoms with E-state index in [0.717, 1.165) is 23.0 Å². The van der Waals surface area contributed by atoms with Crippen LogP contribution in [0.5, 0.6) is 0 Å². The van der Waals surface area contributed by atoms with Crippen molar-refractivity contribution in [3.05, 3.63) is 17.0 Å². The average molecular weight is 363 g/mol. The van der Waals surface area contributed by atoms with E-state index >= 15 is 0 Å². The van der Waals surface area contributed by atoms with Crippen molar-refractivity contribution in [1.29, 1.82) is 0 Å². The molecule has 1 saturated carbocycles. The number of methoxy groups -OCH3 is 1. The zero-order valence-electron chi connectivity index (χ0n) is 15.1. The fourth-order valence-electron chi connectivity index (χ4n) is 3.32. The fraction of sp³-hybridized carbons (Fsp3) is 0.667. The highest BCUT2D eigenvalue weighted by Gasteiger charge is 2.31. The Balaban J connectivity index is 1.65. The first-order valence-corrected chi connectivity index (χ1v) is 9.71. The molecule has 0 unspecified atom stereocenters. The van der Waals surface area contributed by atoms with Crippen molar-refractivity contribution in [2.75, 3.05) is 7.11 Å². The van der Waals surface area contributed by atoms with Crippen molar-refractivity contribution < 1.29 is 13.9 Å². The van der Waals surface area contributed by atoms with Crippen LogP contribution in [0, 0.1) is 11.3 Å². The van der Waals surface area contributed by atoms with Gasteiger partial charge in [-0.3, -0.25) is 4.79 Å². The predicted octanol–water partition coefficient (Wildman–Crippen LogP) is 4.06. The second-order valence-corrected chi connectivity index (χ2v) is 8.26. The van der Waals surface area contributed by atoms with E-state index < -0.39 is 5.41 Å². The number of hydrogen-bond donors (Lipinski definition) is 0. The fourth-order valence-corrected chi connectivity index (χ4v) is 4.07. The van der Waals surface area contributed by atoms with Gasteiger partial charge in [0.2, 0.25) is 5.89 Å². The summed E-state index contributed by atoms with van der Waals surface area (Å²) in [7, 11) is 1.38. The minimum absolute atomic E-state index is 0.295. The van der Waals surface area contributed by atoms with Gasteiger partial charge >= 0.3 is 5.97 Å². The van der Waals surface area contributed by atoms with E-state index in [1.54, 1.807) is 13.8 Å². The summed E-state index contributed by atoms with van der Waals surface area (Å²) < 4.78 is 10.5. The summed E-state index contributed by atoms with van der Waals surface area (Å²) in [6, 6.07) is 0. The van der Waals surface area contributed by atoms with Crippen molar-refractivity contribution in [1.82, 2.24) is 15.2 Å². The molecule has 3 rings (SSSR count). The summed E-state index contributed by atoms with van der Waals surface area (Å²) >= 11 is 1.53. The smallest absolute Gasteiger partial charge is 0.311 e. The van der Waals surface area contributed by atoms with Gasteiger partial charge in [-0.05, 0) is 26.2 Å². The minimum Gasteiger partial charge on any atom is -0.469 e. The summed E-state index contributed by atoms with van der Waals surface area (Å²) in [5.74, 6) is 1.31. The molecule has 136 valence electrons. The second kappa shape index (κ2) is 7.64. The van der Waals surface area contributed by atoms with Gasteiger partial charge in [0.15, 0.2) is 5.01 Å². The molecule has 2 aromatic heterocycles. The monoisotopic (exact) mass is 363 g/mol. The molecule has 0 N–H and O–H groups in total. The van der Waals surface area contributed by atoms with E-state index in [0.29, 0.717) is 18.2 Å². The molecular weight excluding hydrogens is 338 g/mol. The van der Waals surface area contributed by atoms with Crippen molar-refractivity contribution >= 4 is 17.3 Å². The van der Waals surface area contributed by atoms with Crippen molar-refractivity contribution in [2.45, 2.75) is 58.8 Å². The normalized spacial score (nSPS) is 16.1. The molecule has 0 spiro atoms. The SMILES string of the molecule is COC(=O)C(C)(C)Cc1nnc(-c2nc(CC3CCCCC3)cs2)o1. The van der Waals surface area contributed by atoms with Gasteiger partial charge in [-0.1, -0.05) is 32.1 Å². The molecular formula is C18H25N3O3S. The van der Waals surface area contributed by atoms with E-state index in [4.69, 9.17) is 9.15 Å². The third kappa shape index (κ3) is 4.45. The second-order valence-electron chi connectivity index (χ2n) is 7.41. The van der Waals surface area contributed by atoms with Crippen molar-refractivity contribution in [3.63, 3.8) is 0 Å². The van der Waals surface area contributed by atoms with Gasteiger partial charge in [-0.25, -0.2) is 4.98 Å². The Kier molecular flexibility index (Phi) is 5.51. The number of hydrogen-bond acceptors (Lipinski definition) is 7. The van der Waals surface area contributed by atoms with Gasteiger partial charge in [0.05, 0.1) is 18.2 Å². The molecule has 0 amide bonds. The van der Waals surface area contributed by atoms with E-state index in [2.05, 4.69) is 20.6 Å². The first kappa shape index (κ1) is 18.0. The van der Waals surface area contributed by atoms with Crippen LogP contribution in [0.3, 0.4) is 0 Å². The number of rotatable bonds is 6. The maximum absolute atomic E-state index is 11.8. The zero-order chi connectivity index (χ0) is 17.9. The number of esters is 1.